The Labute approximate surface area is 179 Å². The van der Waals surface area contributed by atoms with E-state index in [2.05, 4.69) is 34.6 Å². The highest BCUT2D eigenvalue weighted by Crippen LogP contribution is 2.44. The van der Waals surface area contributed by atoms with E-state index in [0.29, 0.717) is 18.7 Å². The number of hydrogen-bond donors (Lipinski definition) is 1. The Morgan fingerprint density at radius 2 is 1.77 bits per heavy atom. The van der Waals surface area contributed by atoms with Crippen LogP contribution in [0.3, 0.4) is 0 Å². The van der Waals surface area contributed by atoms with Gasteiger partial charge in [-0.1, -0.05) is 54.6 Å². The first-order valence-corrected chi connectivity index (χ1v) is 9.99. The van der Waals surface area contributed by atoms with Crippen LogP contribution in [0.4, 0.5) is 10.5 Å². The summed E-state index contributed by atoms with van der Waals surface area (Å²) in [6.07, 6.45) is 4.97. The molecule has 1 aromatic heterocycles. The number of benzene rings is 2. The lowest BCUT2D eigenvalue weighted by molar-refractivity contribution is -0.384. The number of hydrogen-bond acceptors (Lipinski definition) is 5. The zero-order chi connectivity index (χ0) is 21.6. The highest BCUT2D eigenvalue weighted by atomic mass is 16.6. The van der Waals surface area contributed by atoms with Crippen LogP contribution in [0, 0.1) is 10.1 Å². The molecular formula is C24H21N3O4. The van der Waals surface area contributed by atoms with Gasteiger partial charge in [-0.25, -0.2) is 4.79 Å². The van der Waals surface area contributed by atoms with Crippen LogP contribution in [-0.2, 0) is 4.74 Å². The Hall–Kier alpha value is -4.00. The molecule has 1 amide bonds. The van der Waals surface area contributed by atoms with E-state index < -0.39 is 11.0 Å². The van der Waals surface area contributed by atoms with Gasteiger partial charge in [-0.05, 0) is 34.8 Å². The molecule has 0 atom stereocenters. The average molecular weight is 415 g/mol. The molecule has 7 nitrogen and oxygen atoms in total. The predicted octanol–water partition coefficient (Wildman–Crippen LogP) is 4.93. The lowest BCUT2D eigenvalue weighted by Gasteiger charge is -2.14. The Morgan fingerprint density at radius 1 is 1.10 bits per heavy atom. The van der Waals surface area contributed by atoms with Gasteiger partial charge in [0.15, 0.2) is 0 Å². The van der Waals surface area contributed by atoms with Gasteiger partial charge in [0.1, 0.15) is 6.61 Å². The summed E-state index contributed by atoms with van der Waals surface area (Å²) in [7, 11) is 0. The zero-order valence-electron chi connectivity index (χ0n) is 16.7. The molecule has 1 heterocycles. The van der Waals surface area contributed by atoms with Crippen molar-refractivity contribution < 1.29 is 14.5 Å². The number of aromatic nitrogens is 1. The fourth-order valence-electron chi connectivity index (χ4n) is 3.75. The molecule has 1 aliphatic carbocycles. The van der Waals surface area contributed by atoms with E-state index in [9.17, 15) is 14.9 Å². The van der Waals surface area contributed by atoms with Crippen LogP contribution in [0.25, 0.3) is 17.2 Å². The summed E-state index contributed by atoms with van der Waals surface area (Å²) < 4.78 is 5.49. The second kappa shape index (κ2) is 9.21. The molecule has 7 heteroatoms. The van der Waals surface area contributed by atoms with Gasteiger partial charge < -0.3 is 10.1 Å². The molecule has 0 saturated carbocycles. The van der Waals surface area contributed by atoms with Gasteiger partial charge in [0, 0.05) is 30.8 Å². The van der Waals surface area contributed by atoms with Crippen LogP contribution < -0.4 is 5.32 Å². The van der Waals surface area contributed by atoms with Crippen molar-refractivity contribution in [2.24, 2.45) is 0 Å². The van der Waals surface area contributed by atoms with E-state index in [4.69, 9.17) is 4.74 Å². The number of fused-ring (bicyclic) bond motifs is 3. The third-order valence-electron chi connectivity index (χ3n) is 5.19. The van der Waals surface area contributed by atoms with E-state index in [1.165, 1.54) is 40.6 Å². The number of carbonyl (C=O) groups excluding carboxylic acids is 1. The van der Waals surface area contributed by atoms with E-state index in [0.717, 1.165) is 0 Å². The summed E-state index contributed by atoms with van der Waals surface area (Å²) in [5, 5.41) is 13.5. The molecule has 0 saturated heterocycles. The number of nitro groups is 1. The molecule has 1 aliphatic rings. The summed E-state index contributed by atoms with van der Waals surface area (Å²) in [6, 6.07) is 19.1. The van der Waals surface area contributed by atoms with E-state index >= 15 is 0 Å². The number of alkyl carbamates (subject to hydrolysis) is 1. The standard InChI is InChI=1S/C24H21N3O4/c28-24(26-13-6-5-7-17-15-18(27(29)30)12-14-25-17)31-16-23-21-10-3-1-8-19(21)20-9-2-4-11-22(20)23/h1-5,7-12,14-15,23H,6,13,16H2,(H,26,28). The van der Waals surface area contributed by atoms with Crippen molar-refractivity contribution in [2.75, 3.05) is 13.2 Å². The second-order valence-electron chi connectivity index (χ2n) is 7.14. The highest BCUT2D eigenvalue weighted by molar-refractivity contribution is 5.79. The summed E-state index contributed by atoms with van der Waals surface area (Å²) in [6.45, 7) is 0.662. The maximum atomic E-state index is 12.1. The fraction of sp³-hybridized carbons (Fsp3) is 0.167. The predicted molar refractivity (Wildman–Crippen MR) is 118 cm³/mol. The summed E-state index contributed by atoms with van der Waals surface area (Å²) in [5.41, 5.74) is 5.20. The lowest BCUT2D eigenvalue weighted by Crippen LogP contribution is -2.26. The van der Waals surface area contributed by atoms with Crippen molar-refractivity contribution >= 4 is 17.9 Å². The Morgan fingerprint density at radius 3 is 2.45 bits per heavy atom. The van der Waals surface area contributed by atoms with Gasteiger partial charge in [0.05, 0.1) is 10.6 Å². The molecule has 0 spiro atoms. The van der Waals surface area contributed by atoms with Crippen LogP contribution in [0.15, 0.2) is 72.9 Å². The van der Waals surface area contributed by atoms with E-state index in [1.54, 1.807) is 12.2 Å². The molecule has 3 aromatic rings. The molecule has 0 aliphatic heterocycles. The minimum Gasteiger partial charge on any atom is -0.449 e. The molecular weight excluding hydrogens is 394 g/mol. The zero-order valence-corrected chi connectivity index (χ0v) is 16.7. The number of nitrogens with zero attached hydrogens (tertiary/aromatic N) is 2. The highest BCUT2D eigenvalue weighted by Gasteiger charge is 2.28. The van der Waals surface area contributed by atoms with Crippen molar-refractivity contribution in [1.29, 1.82) is 0 Å². The minimum atomic E-state index is -0.469. The number of carbonyl (C=O) groups is 1. The first-order valence-electron chi connectivity index (χ1n) is 9.99. The quantitative estimate of drug-likeness (QED) is 0.335. The minimum absolute atomic E-state index is 0.00795. The van der Waals surface area contributed by atoms with Crippen LogP contribution in [0.5, 0.6) is 0 Å². The third kappa shape index (κ3) is 4.61. The summed E-state index contributed by atoms with van der Waals surface area (Å²) in [5.74, 6) is 0.0259. The van der Waals surface area contributed by atoms with Gasteiger partial charge in [-0.3, -0.25) is 15.1 Å². The fourth-order valence-corrected chi connectivity index (χ4v) is 3.75. The number of ether oxygens (including phenoxy) is 1. The largest absolute Gasteiger partial charge is 0.449 e. The maximum absolute atomic E-state index is 12.1. The monoisotopic (exact) mass is 415 g/mol. The lowest BCUT2D eigenvalue weighted by atomic mass is 9.98. The molecule has 1 N–H and O–H groups in total. The van der Waals surface area contributed by atoms with Gasteiger partial charge >= 0.3 is 6.09 Å². The molecule has 4 rings (SSSR count). The third-order valence-corrected chi connectivity index (χ3v) is 5.19. The maximum Gasteiger partial charge on any atom is 0.407 e. The first kappa shape index (κ1) is 20.3. The normalized spacial score (nSPS) is 12.4. The number of rotatable bonds is 7. The van der Waals surface area contributed by atoms with Crippen LogP contribution in [0.2, 0.25) is 0 Å². The van der Waals surface area contributed by atoms with Gasteiger partial charge in [-0.15, -0.1) is 0 Å². The molecule has 0 fully saturated rings. The van der Waals surface area contributed by atoms with Crippen molar-refractivity contribution in [3.8, 4) is 11.1 Å². The van der Waals surface area contributed by atoms with Crippen molar-refractivity contribution in [3.05, 3.63) is 99.9 Å². The molecule has 0 radical (unpaired) electrons. The van der Waals surface area contributed by atoms with Gasteiger partial charge in [0.2, 0.25) is 0 Å². The van der Waals surface area contributed by atoms with Crippen molar-refractivity contribution in [1.82, 2.24) is 10.3 Å². The second-order valence-corrected chi connectivity index (χ2v) is 7.14. The topological polar surface area (TPSA) is 94.4 Å². The average Bonchev–Trinajstić information content (AvgIpc) is 3.11. The molecule has 156 valence electrons. The first-order chi connectivity index (χ1) is 15.1. The van der Waals surface area contributed by atoms with Gasteiger partial charge in [0.25, 0.3) is 5.69 Å². The molecule has 0 unspecified atom stereocenters. The van der Waals surface area contributed by atoms with E-state index in [-0.39, 0.29) is 18.2 Å². The SMILES string of the molecule is O=C(NCCC=Cc1cc([N+](=O)[O-])ccn1)OCC1c2ccccc2-c2ccccc21. The van der Waals surface area contributed by atoms with Crippen LogP contribution in [0.1, 0.15) is 29.2 Å². The molecule has 0 bridgehead atoms. The summed E-state index contributed by atoms with van der Waals surface area (Å²) >= 11 is 0. The molecule has 31 heavy (non-hydrogen) atoms. The summed E-state index contributed by atoms with van der Waals surface area (Å²) in [4.78, 5) is 26.5. The number of pyridine rings is 1. The Bertz CT molecular complexity index is 1100. The van der Waals surface area contributed by atoms with E-state index in [1.807, 2.05) is 24.3 Å². The van der Waals surface area contributed by atoms with Gasteiger partial charge in [-0.2, -0.15) is 0 Å². The molecule has 2 aromatic carbocycles. The Balaban J connectivity index is 1.27. The number of nitrogens with one attached hydrogen (secondary N) is 1. The van der Waals surface area contributed by atoms with Crippen LogP contribution in [-0.4, -0.2) is 29.2 Å². The van der Waals surface area contributed by atoms with Crippen molar-refractivity contribution in [3.63, 3.8) is 0 Å². The van der Waals surface area contributed by atoms with Crippen LogP contribution >= 0.6 is 0 Å². The Kier molecular flexibility index (Phi) is 6.03. The smallest absolute Gasteiger partial charge is 0.407 e. The number of amides is 1. The van der Waals surface area contributed by atoms with Crippen molar-refractivity contribution in [2.45, 2.75) is 12.3 Å².